The largest absolute Gasteiger partial charge is 0.481 e. The van der Waals surface area contributed by atoms with Crippen LogP contribution in [0, 0.1) is 0 Å². The summed E-state index contributed by atoms with van der Waals surface area (Å²) in [5.41, 5.74) is 8.92. The van der Waals surface area contributed by atoms with Gasteiger partial charge in [-0.05, 0) is 99.2 Å². The third-order valence-electron chi connectivity index (χ3n) is 10.6. The highest BCUT2D eigenvalue weighted by molar-refractivity contribution is 5.95. The molecule has 314 valence electrons. The van der Waals surface area contributed by atoms with E-state index >= 15 is 0 Å². The van der Waals surface area contributed by atoms with Crippen LogP contribution in [0.4, 0.5) is 11.6 Å². The number of fused-ring (bicyclic) bond motifs is 1. The predicted octanol–water partition coefficient (Wildman–Crippen LogP) is 4.08. The normalized spacial score (nSPS) is 14.4. The summed E-state index contributed by atoms with van der Waals surface area (Å²) < 4.78 is 0. The molecule has 2 aromatic heterocycles. The number of aryl methyl sites for hydroxylation is 2. The number of carbonyl (C=O) groups is 6. The van der Waals surface area contributed by atoms with E-state index in [1.807, 2.05) is 60.7 Å². The standard InChI is InChI=1S/C43H55N9O7/c44-41(59)43(24-5-1-6-25-43)52-40(58)35(14-8-15-38(55)56)49-39(57)34(13-4-7-27-46-36(53)22-19-30-10-9-26-45-28-30)48-37(54)23-18-29-16-20-31(21-17-29)47-42-50-32-11-2-3-12-33(32)51-42/h2-3,9-12,16-17,20-21,26,28,34-35H,1,4-8,13-15,18-19,22-25,27H2,(H2,44,59)(H,46,53)(H,48,54)(H,49,57)(H,52,58)(H,55,56)(H2,47,50,51)/t34-,35-/m1/s1. The van der Waals surface area contributed by atoms with Crippen LogP contribution in [0.25, 0.3) is 11.0 Å². The van der Waals surface area contributed by atoms with Crippen molar-refractivity contribution in [2.75, 3.05) is 11.9 Å². The van der Waals surface area contributed by atoms with Gasteiger partial charge >= 0.3 is 5.97 Å². The third kappa shape index (κ3) is 13.9. The average Bonchev–Trinajstić information content (AvgIpc) is 3.64. The Kier molecular flexibility index (Phi) is 16.3. The number of carboxylic acids is 1. The average molecular weight is 810 g/mol. The first-order chi connectivity index (χ1) is 28.5. The topological polar surface area (TPSA) is 250 Å². The number of amides is 5. The van der Waals surface area contributed by atoms with Crippen molar-refractivity contribution in [3.05, 3.63) is 84.2 Å². The predicted molar refractivity (Wildman–Crippen MR) is 222 cm³/mol. The van der Waals surface area contributed by atoms with Gasteiger partial charge in [0.25, 0.3) is 0 Å². The van der Waals surface area contributed by atoms with Crippen molar-refractivity contribution in [3.63, 3.8) is 0 Å². The van der Waals surface area contributed by atoms with Gasteiger partial charge in [0.05, 0.1) is 11.0 Å². The quantitative estimate of drug-likeness (QED) is 0.0499. The summed E-state index contributed by atoms with van der Waals surface area (Å²) in [5.74, 6) is -2.85. The number of hydrogen-bond donors (Lipinski definition) is 8. The number of carbonyl (C=O) groups excluding carboxylic acids is 5. The summed E-state index contributed by atoms with van der Waals surface area (Å²) in [6.07, 6.45) is 8.78. The number of unbranched alkanes of at least 4 members (excludes halogenated alkanes) is 1. The first-order valence-corrected chi connectivity index (χ1v) is 20.4. The fraction of sp³-hybridized carbons (Fsp3) is 0.442. The molecular formula is C43H55N9O7. The van der Waals surface area contributed by atoms with Gasteiger partial charge in [-0.25, -0.2) is 4.98 Å². The zero-order valence-corrected chi connectivity index (χ0v) is 33.3. The minimum Gasteiger partial charge on any atom is -0.481 e. The van der Waals surface area contributed by atoms with Crippen molar-refractivity contribution in [2.45, 2.75) is 114 Å². The first kappa shape index (κ1) is 43.8. The maximum absolute atomic E-state index is 13.9. The number of pyridine rings is 1. The van der Waals surface area contributed by atoms with Crippen LogP contribution in [0.3, 0.4) is 0 Å². The number of hydrogen-bond acceptors (Lipinski definition) is 9. The molecule has 1 aliphatic carbocycles. The zero-order chi connectivity index (χ0) is 42.0. The molecule has 0 bridgehead atoms. The second-order valence-corrected chi connectivity index (χ2v) is 15.1. The Morgan fingerprint density at radius 2 is 1.47 bits per heavy atom. The highest BCUT2D eigenvalue weighted by atomic mass is 16.4. The molecule has 1 aliphatic rings. The number of H-pyrrole nitrogens is 1. The first-order valence-electron chi connectivity index (χ1n) is 20.4. The fourth-order valence-electron chi connectivity index (χ4n) is 7.20. The maximum atomic E-state index is 13.9. The van der Waals surface area contributed by atoms with E-state index in [4.69, 9.17) is 5.73 Å². The minimum atomic E-state index is -1.26. The number of aromatic amines is 1. The van der Waals surface area contributed by atoms with Crippen molar-refractivity contribution in [1.29, 1.82) is 0 Å². The molecule has 5 rings (SSSR count). The molecule has 2 heterocycles. The number of para-hydroxylation sites is 2. The third-order valence-corrected chi connectivity index (χ3v) is 10.6. The Hall–Kier alpha value is -6.32. The number of imidazole rings is 1. The number of nitrogens with zero attached hydrogens (tertiary/aromatic N) is 2. The second-order valence-electron chi connectivity index (χ2n) is 15.1. The van der Waals surface area contributed by atoms with Crippen molar-refractivity contribution in [3.8, 4) is 0 Å². The Morgan fingerprint density at radius 3 is 2.19 bits per heavy atom. The van der Waals surface area contributed by atoms with E-state index in [0.717, 1.165) is 34.3 Å². The van der Waals surface area contributed by atoms with Gasteiger partial charge in [0.2, 0.25) is 35.5 Å². The van der Waals surface area contributed by atoms with E-state index in [1.165, 1.54) is 0 Å². The van der Waals surface area contributed by atoms with Crippen LogP contribution >= 0.6 is 0 Å². The minimum absolute atomic E-state index is 0.00828. The van der Waals surface area contributed by atoms with Gasteiger partial charge < -0.3 is 42.4 Å². The number of benzene rings is 2. The van der Waals surface area contributed by atoms with Crippen LogP contribution in [-0.4, -0.2) is 79.7 Å². The molecule has 1 saturated carbocycles. The molecule has 0 spiro atoms. The van der Waals surface area contributed by atoms with Gasteiger partial charge in [-0.1, -0.05) is 49.6 Å². The molecule has 0 radical (unpaired) electrons. The van der Waals surface area contributed by atoms with Crippen LogP contribution in [-0.2, 0) is 41.6 Å². The highest BCUT2D eigenvalue weighted by Crippen LogP contribution is 2.28. The lowest BCUT2D eigenvalue weighted by Gasteiger charge is -2.36. The fourth-order valence-corrected chi connectivity index (χ4v) is 7.20. The lowest BCUT2D eigenvalue weighted by atomic mass is 9.80. The molecule has 4 aromatic rings. The smallest absolute Gasteiger partial charge is 0.303 e. The number of carboxylic acid groups (broad SMARTS) is 1. The van der Waals surface area contributed by atoms with Gasteiger partial charge in [0, 0.05) is 43.9 Å². The number of primary amides is 1. The Morgan fingerprint density at radius 1 is 0.763 bits per heavy atom. The molecule has 9 N–H and O–H groups in total. The Balaban J connectivity index is 1.19. The van der Waals surface area contributed by atoms with Crippen LogP contribution in [0.1, 0.15) is 94.6 Å². The number of nitrogens with two attached hydrogens (primary N) is 1. The van der Waals surface area contributed by atoms with Crippen LogP contribution < -0.4 is 32.3 Å². The van der Waals surface area contributed by atoms with Crippen LogP contribution in [0.15, 0.2) is 73.1 Å². The lowest BCUT2D eigenvalue weighted by molar-refractivity contribution is -0.138. The summed E-state index contributed by atoms with van der Waals surface area (Å²) in [7, 11) is 0. The van der Waals surface area contributed by atoms with E-state index in [2.05, 4.69) is 41.5 Å². The Bertz CT molecular complexity index is 2000. The molecule has 0 saturated heterocycles. The molecule has 16 nitrogen and oxygen atoms in total. The zero-order valence-electron chi connectivity index (χ0n) is 33.3. The molecule has 5 amide bonds. The summed E-state index contributed by atoms with van der Waals surface area (Å²) in [6, 6.07) is 16.8. The molecular weight excluding hydrogens is 755 g/mol. The summed E-state index contributed by atoms with van der Waals surface area (Å²) in [4.78, 5) is 89.1. The molecule has 16 heteroatoms. The van der Waals surface area contributed by atoms with Gasteiger partial charge in [-0.3, -0.25) is 33.8 Å². The van der Waals surface area contributed by atoms with E-state index in [1.54, 1.807) is 12.4 Å². The summed E-state index contributed by atoms with van der Waals surface area (Å²) in [6.45, 7) is 0.366. The number of nitrogens with one attached hydrogen (secondary N) is 6. The molecule has 59 heavy (non-hydrogen) atoms. The number of aromatic nitrogens is 3. The van der Waals surface area contributed by atoms with E-state index < -0.39 is 41.3 Å². The number of rotatable bonds is 23. The van der Waals surface area contributed by atoms with Crippen molar-refractivity contribution in [2.24, 2.45) is 5.73 Å². The van der Waals surface area contributed by atoms with E-state index in [0.29, 0.717) is 70.3 Å². The molecule has 1 fully saturated rings. The number of aliphatic carboxylic acids is 1. The SMILES string of the molecule is NC(=O)C1(NC(=O)[C@@H](CCCC(=O)O)NC(=O)[C@@H](CCCCNC(=O)CCc2cccnc2)NC(=O)CCc2ccc(Nc3nc4ccccc4[nH]3)cc2)CCCCC1. The van der Waals surface area contributed by atoms with E-state index in [9.17, 15) is 33.9 Å². The van der Waals surface area contributed by atoms with Crippen molar-refractivity contribution >= 4 is 58.2 Å². The van der Waals surface area contributed by atoms with Gasteiger partial charge in [-0.2, -0.15) is 0 Å². The highest BCUT2D eigenvalue weighted by Gasteiger charge is 2.41. The summed E-state index contributed by atoms with van der Waals surface area (Å²) >= 11 is 0. The maximum Gasteiger partial charge on any atom is 0.303 e. The van der Waals surface area contributed by atoms with Crippen LogP contribution in [0.5, 0.6) is 0 Å². The van der Waals surface area contributed by atoms with E-state index in [-0.39, 0.29) is 43.9 Å². The summed E-state index contributed by atoms with van der Waals surface area (Å²) in [5, 5.41) is 23.8. The Labute approximate surface area is 343 Å². The molecule has 2 aromatic carbocycles. The van der Waals surface area contributed by atoms with Crippen molar-refractivity contribution in [1.82, 2.24) is 36.2 Å². The lowest BCUT2D eigenvalue weighted by Crippen LogP contribution is -2.62. The number of anilines is 2. The van der Waals surface area contributed by atoms with Gasteiger partial charge in [0.15, 0.2) is 0 Å². The monoisotopic (exact) mass is 809 g/mol. The molecule has 0 aliphatic heterocycles. The molecule has 0 unspecified atom stereocenters. The van der Waals surface area contributed by atoms with Crippen molar-refractivity contribution < 1.29 is 33.9 Å². The van der Waals surface area contributed by atoms with Gasteiger partial charge in [0.1, 0.15) is 17.6 Å². The molecule has 2 atom stereocenters. The second kappa shape index (κ2) is 22.0. The van der Waals surface area contributed by atoms with Crippen LogP contribution in [0.2, 0.25) is 0 Å². The van der Waals surface area contributed by atoms with Gasteiger partial charge in [-0.15, -0.1) is 0 Å².